The van der Waals surface area contributed by atoms with Gasteiger partial charge in [0.15, 0.2) is 0 Å². The van der Waals surface area contributed by atoms with Crippen molar-refractivity contribution in [2.45, 2.75) is 25.7 Å². The molecule has 0 rings (SSSR count). The first-order valence-corrected chi connectivity index (χ1v) is 7.00. The molecule has 7 nitrogen and oxygen atoms in total. The molecule has 0 aliphatic carbocycles. The summed E-state index contributed by atoms with van der Waals surface area (Å²) in [6.07, 6.45) is 2.72. The molecule has 102 valence electrons. The van der Waals surface area contributed by atoms with Gasteiger partial charge in [0, 0.05) is 6.54 Å². The average Bonchev–Trinajstić information content (AvgIpc) is 2.32. The number of carbonyl (C=O) groups excluding carboxylic acids is 1. The third kappa shape index (κ3) is 10.6. The molecule has 0 saturated heterocycles. The van der Waals surface area contributed by atoms with Crippen LogP contribution in [0.2, 0.25) is 0 Å². The number of phosphoric acid groups is 1. The Hall–Kier alpha value is -0.270. The van der Waals surface area contributed by atoms with Crippen molar-refractivity contribution in [2.24, 2.45) is 0 Å². The topological polar surface area (TPSA) is 94.1 Å². The Kier molecular flexibility index (Phi) is 9.57. The van der Waals surface area contributed by atoms with Crippen LogP contribution in [0.15, 0.2) is 0 Å². The minimum absolute atomic E-state index is 0.138. The summed E-state index contributed by atoms with van der Waals surface area (Å²) in [6, 6.07) is 0. The van der Waals surface area contributed by atoms with Gasteiger partial charge in [-0.15, -0.1) is 0 Å². The van der Waals surface area contributed by atoms with E-state index in [1.54, 1.807) is 0 Å². The number of thiol groups is 1. The number of amides is 1. The van der Waals surface area contributed by atoms with Gasteiger partial charge >= 0.3 is 13.9 Å². The maximum absolute atomic E-state index is 10.8. The standard InChI is InChI=1S/C8H18NO6PS/c1-13-8(10)9-6-4-2-3-5-7-14-16(11,12)15-17/h17H,2-7H2,1H3,(H,9,10)(H,11,12). The third-order valence-corrected chi connectivity index (χ3v) is 3.22. The molecule has 0 aliphatic heterocycles. The number of hydrogen-bond donors (Lipinski definition) is 3. The summed E-state index contributed by atoms with van der Waals surface area (Å²) in [5, 5.41) is 2.55. The van der Waals surface area contributed by atoms with Crippen molar-refractivity contribution in [1.29, 1.82) is 0 Å². The van der Waals surface area contributed by atoms with Crippen molar-refractivity contribution in [3.05, 3.63) is 0 Å². The molecule has 0 aliphatic rings. The largest absolute Gasteiger partial charge is 0.483 e. The number of ether oxygens (including phenoxy) is 1. The van der Waals surface area contributed by atoms with Gasteiger partial charge in [-0.3, -0.25) is 4.52 Å². The van der Waals surface area contributed by atoms with Crippen LogP contribution >= 0.6 is 20.7 Å². The maximum atomic E-state index is 10.8. The van der Waals surface area contributed by atoms with E-state index in [2.05, 4.69) is 31.5 Å². The first kappa shape index (κ1) is 16.7. The van der Waals surface area contributed by atoms with E-state index in [0.717, 1.165) is 19.3 Å². The molecule has 17 heavy (non-hydrogen) atoms. The molecule has 0 fully saturated rings. The Bertz CT molecular complexity index is 264. The summed E-state index contributed by atoms with van der Waals surface area (Å²) < 4.78 is 23.7. The number of phosphoric ester groups is 1. The monoisotopic (exact) mass is 287 g/mol. The van der Waals surface area contributed by atoms with E-state index in [4.69, 9.17) is 4.89 Å². The maximum Gasteiger partial charge on any atom is 0.483 e. The van der Waals surface area contributed by atoms with E-state index >= 15 is 0 Å². The second-order valence-corrected chi connectivity index (χ2v) is 5.06. The number of nitrogens with one attached hydrogen (secondary N) is 1. The van der Waals surface area contributed by atoms with E-state index in [0.29, 0.717) is 13.0 Å². The summed E-state index contributed by atoms with van der Waals surface area (Å²) in [7, 11) is -2.65. The number of alkyl carbamates (subject to hydrolysis) is 1. The zero-order valence-electron chi connectivity index (χ0n) is 9.63. The minimum atomic E-state index is -3.96. The Morgan fingerprint density at radius 2 is 2.00 bits per heavy atom. The van der Waals surface area contributed by atoms with E-state index < -0.39 is 13.9 Å². The SMILES string of the molecule is COC(=O)NCCCCCCOP(=O)(O)OS. The number of carbonyl (C=O) groups is 1. The molecule has 2 N–H and O–H groups in total. The Labute approximate surface area is 106 Å². The van der Waals surface area contributed by atoms with E-state index in [1.165, 1.54) is 7.11 Å². The first-order chi connectivity index (χ1) is 8.02. The number of methoxy groups -OCH3 is 1. The smallest absolute Gasteiger partial charge is 0.453 e. The normalized spacial score (nSPS) is 14.1. The van der Waals surface area contributed by atoms with Crippen molar-refractivity contribution in [3.63, 3.8) is 0 Å². The molecule has 0 aromatic rings. The molecule has 0 spiro atoms. The molecule has 0 aromatic heterocycles. The summed E-state index contributed by atoms with van der Waals surface area (Å²) >= 11 is 3.21. The lowest BCUT2D eigenvalue weighted by molar-refractivity contribution is 0.170. The average molecular weight is 287 g/mol. The number of rotatable bonds is 9. The van der Waals surface area contributed by atoms with Gasteiger partial charge < -0.3 is 14.9 Å². The minimum Gasteiger partial charge on any atom is -0.453 e. The van der Waals surface area contributed by atoms with Crippen LogP contribution in [-0.4, -0.2) is 31.2 Å². The predicted molar refractivity (Wildman–Crippen MR) is 64.7 cm³/mol. The molecule has 0 aromatic carbocycles. The van der Waals surface area contributed by atoms with Crippen LogP contribution in [0.1, 0.15) is 25.7 Å². The van der Waals surface area contributed by atoms with Crippen LogP contribution in [-0.2, 0) is 17.8 Å². The lowest BCUT2D eigenvalue weighted by atomic mass is 10.2. The molecule has 0 bridgehead atoms. The van der Waals surface area contributed by atoms with Crippen molar-refractivity contribution in [3.8, 4) is 0 Å². The zero-order valence-corrected chi connectivity index (χ0v) is 11.4. The summed E-state index contributed by atoms with van der Waals surface area (Å²) in [5.41, 5.74) is 0. The van der Waals surface area contributed by atoms with Crippen LogP contribution in [0.4, 0.5) is 4.79 Å². The van der Waals surface area contributed by atoms with E-state index in [9.17, 15) is 9.36 Å². The van der Waals surface area contributed by atoms with Crippen molar-refractivity contribution in [1.82, 2.24) is 5.32 Å². The van der Waals surface area contributed by atoms with Gasteiger partial charge in [-0.2, -0.15) is 0 Å². The highest BCUT2D eigenvalue weighted by Crippen LogP contribution is 2.44. The van der Waals surface area contributed by atoms with Gasteiger partial charge in [0.1, 0.15) is 0 Å². The fourth-order valence-electron chi connectivity index (χ4n) is 1.05. The van der Waals surface area contributed by atoms with Gasteiger partial charge in [0.2, 0.25) is 0 Å². The second-order valence-electron chi connectivity index (χ2n) is 3.22. The lowest BCUT2D eigenvalue weighted by Gasteiger charge is -2.07. The Balaban J connectivity index is 3.25. The quantitative estimate of drug-likeness (QED) is 0.259. The first-order valence-electron chi connectivity index (χ1n) is 5.14. The molecule has 1 amide bonds. The third-order valence-electron chi connectivity index (χ3n) is 1.88. The molecular weight excluding hydrogens is 269 g/mol. The second kappa shape index (κ2) is 9.73. The highest BCUT2D eigenvalue weighted by atomic mass is 32.1. The van der Waals surface area contributed by atoms with Crippen LogP contribution in [0.3, 0.4) is 0 Å². The molecule has 0 saturated carbocycles. The van der Waals surface area contributed by atoms with Crippen LogP contribution in [0, 0.1) is 0 Å². The van der Waals surface area contributed by atoms with Crippen molar-refractivity contribution >= 4 is 26.8 Å². The van der Waals surface area contributed by atoms with Gasteiger partial charge in [-0.05, 0) is 25.8 Å². The highest BCUT2D eigenvalue weighted by Gasteiger charge is 2.18. The molecule has 0 radical (unpaired) electrons. The molecule has 1 atom stereocenters. The fourth-order valence-corrected chi connectivity index (χ4v) is 1.60. The Morgan fingerprint density at radius 1 is 1.35 bits per heavy atom. The summed E-state index contributed by atoms with van der Waals surface area (Å²) in [5.74, 6) is 0. The van der Waals surface area contributed by atoms with Gasteiger partial charge in [0.05, 0.1) is 13.7 Å². The van der Waals surface area contributed by atoms with Crippen LogP contribution in [0.5, 0.6) is 0 Å². The molecule has 0 heterocycles. The predicted octanol–water partition coefficient (Wildman–Crippen LogP) is 1.88. The van der Waals surface area contributed by atoms with E-state index in [-0.39, 0.29) is 6.61 Å². The number of hydrogen-bond acceptors (Lipinski definition) is 6. The van der Waals surface area contributed by atoms with E-state index in [1.807, 2.05) is 0 Å². The summed E-state index contributed by atoms with van der Waals surface area (Å²) in [4.78, 5) is 19.5. The van der Waals surface area contributed by atoms with Gasteiger partial charge in [-0.25, -0.2) is 13.3 Å². The Morgan fingerprint density at radius 3 is 2.59 bits per heavy atom. The van der Waals surface area contributed by atoms with Crippen molar-refractivity contribution < 1.29 is 27.5 Å². The summed E-state index contributed by atoms with van der Waals surface area (Å²) in [6.45, 7) is 0.685. The zero-order chi connectivity index (χ0) is 13.1. The van der Waals surface area contributed by atoms with Crippen LogP contribution in [0.25, 0.3) is 0 Å². The highest BCUT2D eigenvalue weighted by molar-refractivity contribution is 7.80. The number of unbranched alkanes of at least 4 members (excludes halogenated alkanes) is 3. The van der Waals surface area contributed by atoms with Crippen LogP contribution < -0.4 is 5.32 Å². The molecule has 9 heteroatoms. The van der Waals surface area contributed by atoms with Gasteiger partial charge in [-0.1, -0.05) is 12.8 Å². The molecular formula is C8H18NO6PS. The van der Waals surface area contributed by atoms with Gasteiger partial charge in [0.25, 0.3) is 0 Å². The fraction of sp³-hybridized carbons (Fsp3) is 0.875. The lowest BCUT2D eigenvalue weighted by Crippen LogP contribution is -2.23. The van der Waals surface area contributed by atoms with Crippen molar-refractivity contribution in [2.75, 3.05) is 20.3 Å². The molecule has 1 unspecified atom stereocenters.